The number of aliphatic hydroxyl groups is 1. The van der Waals surface area contributed by atoms with E-state index >= 15 is 0 Å². The van der Waals surface area contributed by atoms with Crippen molar-refractivity contribution in [2.24, 2.45) is 0 Å². The number of hydrogen-bond acceptors (Lipinski definition) is 5. The molecule has 0 saturated carbocycles. The van der Waals surface area contributed by atoms with Crippen LogP contribution < -0.4 is 4.74 Å². The van der Waals surface area contributed by atoms with Gasteiger partial charge in [0.15, 0.2) is 0 Å². The molecule has 124 valence electrons. The molecule has 5 nitrogen and oxygen atoms in total. The Morgan fingerprint density at radius 2 is 2.30 bits per heavy atom. The number of aliphatic hydroxyl groups excluding tert-OH is 1. The molecule has 1 saturated heterocycles. The van der Waals surface area contributed by atoms with Gasteiger partial charge in [0, 0.05) is 19.2 Å². The summed E-state index contributed by atoms with van der Waals surface area (Å²) in [5, 5.41) is 9.75. The number of nitrogens with zero attached hydrogens (tertiary/aromatic N) is 2. The molecule has 0 radical (unpaired) electrons. The number of hydrogen-bond donors (Lipinski definition) is 1. The van der Waals surface area contributed by atoms with Crippen LogP contribution in [0.4, 0.5) is 4.39 Å². The summed E-state index contributed by atoms with van der Waals surface area (Å²) < 4.78 is 24.8. The predicted octanol–water partition coefficient (Wildman–Crippen LogP) is 2.75. The molecule has 1 N–H and O–H groups in total. The van der Waals surface area contributed by atoms with Gasteiger partial charge in [0.05, 0.1) is 24.5 Å². The van der Waals surface area contributed by atoms with Crippen LogP contribution in [-0.4, -0.2) is 41.3 Å². The van der Waals surface area contributed by atoms with Gasteiger partial charge in [-0.2, -0.15) is 0 Å². The summed E-state index contributed by atoms with van der Waals surface area (Å²) in [6.45, 7) is 3.99. The highest BCUT2D eigenvalue weighted by Crippen LogP contribution is 2.28. The van der Waals surface area contributed by atoms with Crippen molar-refractivity contribution in [3.05, 3.63) is 35.5 Å². The number of β-amino-alcohol motifs (C(OH)–C–C–N with tert-alkyl or cyclic N) is 1. The number of methoxy groups -OCH3 is 1. The van der Waals surface area contributed by atoms with Crippen LogP contribution in [0.3, 0.4) is 0 Å². The molecule has 3 rings (SSSR count). The summed E-state index contributed by atoms with van der Waals surface area (Å²) in [4.78, 5) is 6.59. The van der Waals surface area contributed by atoms with Gasteiger partial charge in [-0.1, -0.05) is 0 Å². The first kappa shape index (κ1) is 16.0. The fourth-order valence-corrected chi connectivity index (χ4v) is 2.87. The number of rotatable bonds is 4. The Morgan fingerprint density at radius 3 is 3.00 bits per heavy atom. The summed E-state index contributed by atoms with van der Waals surface area (Å²) in [7, 11) is 1.49. The highest BCUT2D eigenvalue weighted by atomic mass is 19.1. The van der Waals surface area contributed by atoms with E-state index < -0.39 is 5.82 Å². The van der Waals surface area contributed by atoms with Crippen molar-refractivity contribution in [2.75, 3.05) is 20.2 Å². The molecular formula is C17H21FN2O3. The van der Waals surface area contributed by atoms with E-state index in [9.17, 15) is 9.50 Å². The van der Waals surface area contributed by atoms with E-state index in [1.807, 2.05) is 6.92 Å². The molecule has 1 aromatic heterocycles. The van der Waals surface area contributed by atoms with E-state index in [0.717, 1.165) is 25.1 Å². The second kappa shape index (κ2) is 6.68. The minimum absolute atomic E-state index is 0.273. The molecule has 1 unspecified atom stereocenters. The van der Waals surface area contributed by atoms with Gasteiger partial charge >= 0.3 is 0 Å². The van der Waals surface area contributed by atoms with E-state index in [1.54, 1.807) is 12.1 Å². The number of piperidine rings is 1. The summed E-state index contributed by atoms with van der Waals surface area (Å²) in [5.41, 5.74) is 1.10. The molecular weight excluding hydrogens is 299 g/mol. The minimum atomic E-state index is -0.425. The van der Waals surface area contributed by atoms with Crippen molar-refractivity contribution < 1.29 is 18.7 Å². The lowest BCUT2D eigenvalue weighted by atomic mass is 10.1. The van der Waals surface area contributed by atoms with Crippen molar-refractivity contribution in [1.82, 2.24) is 9.88 Å². The van der Waals surface area contributed by atoms with Gasteiger partial charge in [0.1, 0.15) is 17.3 Å². The average Bonchev–Trinajstić information content (AvgIpc) is 2.88. The van der Waals surface area contributed by atoms with Gasteiger partial charge in [-0.05, 0) is 38.4 Å². The molecule has 0 aliphatic carbocycles. The summed E-state index contributed by atoms with van der Waals surface area (Å²) in [5.74, 6) is 0.980. The van der Waals surface area contributed by atoms with Crippen LogP contribution in [0.25, 0.3) is 11.5 Å². The average molecular weight is 320 g/mol. The van der Waals surface area contributed by atoms with Crippen LogP contribution in [-0.2, 0) is 6.54 Å². The number of likely N-dealkylation sites (tertiary alicyclic amines) is 1. The lowest BCUT2D eigenvalue weighted by molar-refractivity contribution is 0.0660. The smallest absolute Gasteiger partial charge is 0.229 e. The SMILES string of the molecule is COc1ccc(-c2nc(CN3CCCC(O)C3)c(C)o2)c(F)c1. The van der Waals surface area contributed by atoms with Gasteiger partial charge in [-0.3, -0.25) is 4.90 Å². The van der Waals surface area contributed by atoms with Gasteiger partial charge in [0.2, 0.25) is 5.89 Å². The largest absolute Gasteiger partial charge is 0.497 e. The van der Waals surface area contributed by atoms with Crippen molar-refractivity contribution in [3.63, 3.8) is 0 Å². The number of aryl methyl sites for hydroxylation is 1. The predicted molar refractivity (Wildman–Crippen MR) is 83.7 cm³/mol. The second-order valence-corrected chi connectivity index (χ2v) is 5.90. The van der Waals surface area contributed by atoms with Crippen molar-refractivity contribution in [2.45, 2.75) is 32.4 Å². The summed E-state index contributed by atoms with van der Waals surface area (Å²) in [6, 6.07) is 4.60. The zero-order chi connectivity index (χ0) is 16.4. The third-order valence-corrected chi connectivity index (χ3v) is 4.15. The van der Waals surface area contributed by atoms with Crippen LogP contribution in [0.15, 0.2) is 22.6 Å². The Hall–Kier alpha value is -1.92. The molecule has 1 aromatic carbocycles. The molecule has 0 bridgehead atoms. The first-order valence-electron chi connectivity index (χ1n) is 7.77. The van der Waals surface area contributed by atoms with Crippen LogP contribution in [0.1, 0.15) is 24.3 Å². The van der Waals surface area contributed by atoms with E-state index in [2.05, 4.69) is 9.88 Å². The number of benzene rings is 1. The lowest BCUT2D eigenvalue weighted by Crippen LogP contribution is -2.37. The maximum atomic E-state index is 14.2. The third-order valence-electron chi connectivity index (χ3n) is 4.15. The molecule has 1 aliphatic rings. The highest BCUT2D eigenvalue weighted by molar-refractivity contribution is 5.56. The minimum Gasteiger partial charge on any atom is -0.497 e. The normalized spacial score (nSPS) is 19.0. The summed E-state index contributed by atoms with van der Waals surface area (Å²) in [6.07, 6.45) is 1.53. The Balaban J connectivity index is 1.80. The van der Waals surface area contributed by atoms with E-state index in [0.29, 0.717) is 30.2 Å². The molecule has 1 aliphatic heterocycles. The fraction of sp³-hybridized carbons (Fsp3) is 0.471. The van der Waals surface area contributed by atoms with Crippen molar-refractivity contribution in [1.29, 1.82) is 0 Å². The molecule has 2 heterocycles. The first-order chi connectivity index (χ1) is 11.1. The molecule has 23 heavy (non-hydrogen) atoms. The Morgan fingerprint density at radius 1 is 1.48 bits per heavy atom. The summed E-state index contributed by atoms with van der Waals surface area (Å²) >= 11 is 0. The van der Waals surface area contributed by atoms with Crippen LogP contribution in [0, 0.1) is 12.7 Å². The number of halogens is 1. The fourth-order valence-electron chi connectivity index (χ4n) is 2.87. The van der Waals surface area contributed by atoms with Crippen LogP contribution >= 0.6 is 0 Å². The zero-order valence-electron chi connectivity index (χ0n) is 13.4. The maximum absolute atomic E-state index is 14.2. The third kappa shape index (κ3) is 3.54. The Labute approximate surface area is 134 Å². The van der Waals surface area contributed by atoms with E-state index in [-0.39, 0.29) is 12.0 Å². The molecule has 0 spiro atoms. The van der Waals surface area contributed by atoms with Gasteiger partial charge in [-0.15, -0.1) is 0 Å². The van der Waals surface area contributed by atoms with Gasteiger partial charge < -0.3 is 14.3 Å². The molecule has 0 amide bonds. The Bertz CT molecular complexity index is 686. The van der Waals surface area contributed by atoms with Gasteiger partial charge in [-0.25, -0.2) is 9.37 Å². The molecule has 2 aromatic rings. The van der Waals surface area contributed by atoms with E-state index in [1.165, 1.54) is 13.2 Å². The zero-order valence-corrected chi connectivity index (χ0v) is 13.4. The molecule has 1 fully saturated rings. The quantitative estimate of drug-likeness (QED) is 0.939. The van der Waals surface area contributed by atoms with Gasteiger partial charge in [0.25, 0.3) is 0 Å². The van der Waals surface area contributed by atoms with Crippen LogP contribution in [0.2, 0.25) is 0 Å². The van der Waals surface area contributed by atoms with E-state index in [4.69, 9.17) is 9.15 Å². The molecule has 6 heteroatoms. The number of ether oxygens (including phenoxy) is 1. The lowest BCUT2D eigenvalue weighted by Gasteiger charge is -2.29. The van der Waals surface area contributed by atoms with Crippen molar-refractivity contribution >= 4 is 0 Å². The van der Waals surface area contributed by atoms with Crippen LogP contribution in [0.5, 0.6) is 5.75 Å². The number of oxazole rings is 1. The van der Waals surface area contributed by atoms with Crippen molar-refractivity contribution in [3.8, 4) is 17.2 Å². The standard InChI is InChI=1S/C17H21FN2O3/c1-11-16(10-20-7-3-4-12(21)9-20)19-17(23-11)14-6-5-13(22-2)8-15(14)18/h5-6,8,12,21H,3-4,7,9-10H2,1-2H3. The monoisotopic (exact) mass is 320 g/mol. The highest BCUT2D eigenvalue weighted by Gasteiger charge is 2.21. The maximum Gasteiger partial charge on any atom is 0.229 e. The topological polar surface area (TPSA) is 58.7 Å². The first-order valence-corrected chi connectivity index (χ1v) is 7.77. The molecule has 1 atom stereocenters. The number of aromatic nitrogens is 1. The second-order valence-electron chi connectivity index (χ2n) is 5.90. The Kier molecular flexibility index (Phi) is 4.63.